The summed E-state index contributed by atoms with van der Waals surface area (Å²) in [6.45, 7) is 4.24. The number of nitrogens with one attached hydrogen (secondary N) is 1. The number of carbonyl (C=O) groups excluding carboxylic acids is 1. The van der Waals surface area contributed by atoms with Crippen LogP contribution in [0, 0.1) is 5.41 Å². The molecule has 1 heterocycles. The van der Waals surface area contributed by atoms with Crippen LogP contribution in [0.15, 0.2) is 24.5 Å². The van der Waals surface area contributed by atoms with Gasteiger partial charge in [0.05, 0.1) is 12.5 Å². The van der Waals surface area contributed by atoms with Gasteiger partial charge in [-0.05, 0) is 41.5 Å². The summed E-state index contributed by atoms with van der Waals surface area (Å²) >= 11 is 0. The van der Waals surface area contributed by atoms with Crippen LogP contribution in [0.2, 0.25) is 0 Å². The minimum atomic E-state index is -0.561. The Bertz CT molecular complexity index is 650. The van der Waals surface area contributed by atoms with E-state index in [1.165, 1.54) is 11.0 Å². The van der Waals surface area contributed by atoms with Crippen LogP contribution in [0.5, 0.6) is 5.75 Å². The summed E-state index contributed by atoms with van der Waals surface area (Å²) < 4.78 is 6.79. The molecule has 8 nitrogen and oxygen atoms in total. The fourth-order valence-corrected chi connectivity index (χ4v) is 2.43. The smallest absolute Gasteiger partial charge is 0.231 e. The number of amides is 1. The van der Waals surface area contributed by atoms with Gasteiger partial charge in [-0.2, -0.15) is 4.68 Å². The van der Waals surface area contributed by atoms with Crippen molar-refractivity contribution in [2.75, 3.05) is 19.0 Å². The van der Waals surface area contributed by atoms with Gasteiger partial charge in [0.2, 0.25) is 5.91 Å². The van der Waals surface area contributed by atoms with Crippen molar-refractivity contribution >= 4 is 24.0 Å². The maximum absolute atomic E-state index is 12.6. The first-order valence-corrected chi connectivity index (χ1v) is 7.53. The molecule has 132 valence electrons. The van der Waals surface area contributed by atoms with Crippen LogP contribution >= 0.6 is 12.4 Å². The van der Waals surface area contributed by atoms with Gasteiger partial charge in [-0.25, -0.2) is 0 Å². The Kier molecular flexibility index (Phi) is 7.12. The van der Waals surface area contributed by atoms with E-state index in [0.29, 0.717) is 36.5 Å². The van der Waals surface area contributed by atoms with E-state index in [1.54, 1.807) is 25.3 Å². The number of aromatic nitrogens is 4. The van der Waals surface area contributed by atoms with Crippen molar-refractivity contribution in [3.05, 3.63) is 24.5 Å². The standard InChI is InChI=1S/C15H22N6O2.ClH/c1-4-15(5-2,9-16)14(22)18-11-6-7-13(23-3)12(8-11)21-10-17-19-20-21;/h6-8,10H,4-5,9,16H2,1-3H3,(H,18,22);1H. The van der Waals surface area contributed by atoms with Gasteiger partial charge in [0, 0.05) is 12.2 Å². The Morgan fingerprint density at radius 1 is 1.38 bits per heavy atom. The Morgan fingerprint density at radius 3 is 2.58 bits per heavy atom. The van der Waals surface area contributed by atoms with Gasteiger partial charge in [0.15, 0.2) is 0 Å². The highest BCUT2D eigenvalue weighted by Crippen LogP contribution is 2.29. The van der Waals surface area contributed by atoms with Gasteiger partial charge in [0.1, 0.15) is 17.8 Å². The molecule has 0 atom stereocenters. The van der Waals surface area contributed by atoms with Crippen LogP contribution < -0.4 is 15.8 Å². The minimum Gasteiger partial charge on any atom is -0.494 e. The summed E-state index contributed by atoms with van der Waals surface area (Å²) in [7, 11) is 1.56. The van der Waals surface area contributed by atoms with E-state index in [1.807, 2.05) is 13.8 Å². The fourth-order valence-electron chi connectivity index (χ4n) is 2.43. The molecule has 2 rings (SSSR count). The quantitative estimate of drug-likeness (QED) is 0.784. The molecule has 0 radical (unpaired) electrons. The molecular weight excluding hydrogens is 332 g/mol. The van der Waals surface area contributed by atoms with E-state index in [4.69, 9.17) is 10.5 Å². The molecule has 0 fully saturated rings. The van der Waals surface area contributed by atoms with E-state index in [-0.39, 0.29) is 18.3 Å². The number of halogens is 1. The number of benzene rings is 1. The summed E-state index contributed by atoms with van der Waals surface area (Å²) in [5, 5.41) is 14.0. The van der Waals surface area contributed by atoms with Crippen molar-refractivity contribution in [2.24, 2.45) is 11.1 Å². The van der Waals surface area contributed by atoms with E-state index < -0.39 is 5.41 Å². The number of hydrogen-bond acceptors (Lipinski definition) is 6. The van der Waals surface area contributed by atoms with Crippen LogP contribution in [0.3, 0.4) is 0 Å². The average molecular weight is 355 g/mol. The normalized spacial score (nSPS) is 10.8. The molecular formula is C15H23ClN6O2. The third-order valence-corrected chi connectivity index (χ3v) is 4.26. The molecule has 2 aromatic rings. The molecule has 0 aliphatic carbocycles. The van der Waals surface area contributed by atoms with Crippen LogP contribution in [0.1, 0.15) is 26.7 Å². The molecule has 0 unspecified atom stereocenters. The van der Waals surface area contributed by atoms with Crippen LogP contribution in [0.4, 0.5) is 5.69 Å². The zero-order chi connectivity index (χ0) is 16.9. The zero-order valence-electron chi connectivity index (χ0n) is 14.0. The van der Waals surface area contributed by atoms with Gasteiger partial charge in [-0.3, -0.25) is 4.79 Å². The van der Waals surface area contributed by atoms with Crippen molar-refractivity contribution in [3.8, 4) is 11.4 Å². The second-order valence-electron chi connectivity index (χ2n) is 5.29. The van der Waals surface area contributed by atoms with Gasteiger partial charge >= 0.3 is 0 Å². The first-order valence-electron chi connectivity index (χ1n) is 7.53. The Morgan fingerprint density at radius 2 is 2.08 bits per heavy atom. The molecule has 0 saturated heterocycles. The summed E-state index contributed by atoms with van der Waals surface area (Å²) in [6, 6.07) is 5.30. The Balaban J connectivity index is 0.00000288. The Labute approximate surface area is 147 Å². The zero-order valence-corrected chi connectivity index (χ0v) is 14.8. The lowest BCUT2D eigenvalue weighted by atomic mass is 9.81. The highest BCUT2D eigenvalue weighted by atomic mass is 35.5. The number of rotatable bonds is 7. The van der Waals surface area contributed by atoms with E-state index >= 15 is 0 Å². The van der Waals surface area contributed by atoms with Crippen LogP contribution in [-0.2, 0) is 4.79 Å². The average Bonchev–Trinajstić information content (AvgIpc) is 3.11. The summed E-state index contributed by atoms with van der Waals surface area (Å²) in [5.74, 6) is 0.518. The highest BCUT2D eigenvalue weighted by molar-refractivity contribution is 5.95. The predicted octanol–water partition coefficient (Wildman–Crippen LogP) is 1.80. The lowest BCUT2D eigenvalue weighted by Gasteiger charge is -2.28. The van der Waals surface area contributed by atoms with E-state index in [2.05, 4.69) is 20.8 Å². The minimum absolute atomic E-state index is 0. The number of carbonyl (C=O) groups is 1. The third kappa shape index (κ3) is 3.82. The number of hydrogen-bond donors (Lipinski definition) is 2. The molecule has 0 aliphatic rings. The maximum atomic E-state index is 12.6. The van der Waals surface area contributed by atoms with Crippen molar-refractivity contribution < 1.29 is 9.53 Å². The van der Waals surface area contributed by atoms with Crippen molar-refractivity contribution in [3.63, 3.8) is 0 Å². The van der Waals surface area contributed by atoms with Crippen LogP contribution in [-0.4, -0.2) is 39.8 Å². The third-order valence-electron chi connectivity index (χ3n) is 4.26. The van der Waals surface area contributed by atoms with Gasteiger partial charge in [-0.1, -0.05) is 13.8 Å². The Hall–Kier alpha value is -2.19. The summed E-state index contributed by atoms with van der Waals surface area (Å²) in [4.78, 5) is 12.6. The molecule has 0 saturated carbocycles. The summed E-state index contributed by atoms with van der Waals surface area (Å²) in [5.41, 5.74) is 6.54. The van der Waals surface area contributed by atoms with Crippen molar-refractivity contribution in [1.29, 1.82) is 0 Å². The molecule has 0 spiro atoms. The first kappa shape index (κ1) is 19.9. The van der Waals surface area contributed by atoms with E-state index in [0.717, 1.165) is 0 Å². The lowest BCUT2D eigenvalue weighted by Crippen LogP contribution is -2.41. The molecule has 1 aromatic carbocycles. The number of ether oxygens (including phenoxy) is 1. The summed E-state index contributed by atoms with van der Waals surface area (Å²) in [6.07, 6.45) is 2.83. The molecule has 3 N–H and O–H groups in total. The largest absolute Gasteiger partial charge is 0.494 e. The van der Waals surface area contributed by atoms with Crippen molar-refractivity contribution in [1.82, 2.24) is 20.2 Å². The number of tetrazole rings is 1. The predicted molar refractivity (Wildman–Crippen MR) is 93.7 cm³/mol. The van der Waals surface area contributed by atoms with E-state index in [9.17, 15) is 4.79 Å². The first-order chi connectivity index (χ1) is 11.1. The second kappa shape index (κ2) is 8.60. The molecule has 1 amide bonds. The van der Waals surface area contributed by atoms with Crippen LogP contribution in [0.25, 0.3) is 5.69 Å². The fraction of sp³-hybridized carbons (Fsp3) is 0.467. The topological polar surface area (TPSA) is 108 Å². The second-order valence-corrected chi connectivity index (χ2v) is 5.29. The maximum Gasteiger partial charge on any atom is 0.231 e. The van der Waals surface area contributed by atoms with Crippen molar-refractivity contribution in [2.45, 2.75) is 26.7 Å². The molecule has 0 aliphatic heterocycles. The van der Waals surface area contributed by atoms with Gasteiger partial charge in [0.25, 0.3) is 0 Å². The van der Waals surface area contributed by atoms with Gasteiger partial charge < -0.3 is 15.8 Å². The number of nitrogens with zero attached hydrogens (tertiary/aromatic N) is 4. The molecule has 24 heavy (non-hydrogen) atoms. The lowest BCUT2D eigenvalue weighted by molar-refractivity contribution is -0.125. The van der Waals surface area contributed by atoms with Gasteiger partial charge in [-0.15, -0.1) is 17.5 Å². The monoisotopic (exact) mass is 354 g/mol. The number of anilines is 1. The SMILES string of the molecule is CCC(CC)(CN)C(=O)Nc1ccc(OC)c(-n2cnnn2)c1.Cl. The number of nitrogens with two attached hydrogens (primary N) is 1. The number of methoxy groups -OCH3 is 1. The molecule has 0 bridgehead atoms. The highest BCUT2D eigenvalue weighted by Gasteiger charge is 2.33. The molecule has 9 heteroatoms. The molecule has 1 aromatic heterocycles.